The average molecular weight is 288 g/mol. The predicted octanol–water partition coefficient (Wildman–Crippen LogP) is 2.49. The number of hydrogen-bond donors (Lipinski definition) is 2. The Morgan fingerprint density at radius 1 is 1.42 bits per heavy atom. The molecule has 0 amide bonds. The van der Waals surface area contributed by atoms with Gasteiger partial charge in [0.15, 0.2) is 5.82 Å². The molecule has 0 bridgehead atoms. The van der Waals surface area contributed by atoms with E-state index in [1.165, 1.54) is 0 Å². The lowest BCUT2D eigenvalue weighted by Gasteiger charge is -2.14. The topological polar surface area (TPSA) is 67.3 Å². The van der Waals surface area contributed by atoms with Gasteiger partial charge in [-0.15, -0.1) is 0 Å². The van der Waals surface area contributed by atoms with Gasteiger partial charge in [0.1, 0.15) is 17.6 Å². The van der Waals surface area contributed by atoms with Gasteiger partial charge in [0.2, 0.25) is 0 Å². The van der Waals surface area contributed by atoms with E-state index in [4.69, 9.17) is 16.3 Å². The van der Waals surface area contributed by atoms with Gasteiger partial charge in [0.05, 0.1) is 6.10 Å². The van der Waals surface area contributed by atoms with Gasteiger partial charge < -0.3 is 15.2 Å². The quantitative estimate of drug-likeness (QED) is 0.719. The molecule has 5 nitrogen and oxygen atoms in total. The van der Waals surface area contributed by atoms with Crippen molar-refractivity contribution in [2.75, 3.05) is 18.5 Å². The number of aromatic nitrogens is 2. The van der Waals surface area contributed by atoms with Gasteiger partial charge in [-0.25, -0.2) is 9.97 Å². The minimum absolute atomic E-state index is 0.334. The molecule has 2 N–H and O–H groups in total. The molecule has 19 heavy (non-hydrogen) atoms. The van der Waals surface area contributed by atoms with E-state index in [0.717, 1.165) is 6.42 Å². The molecule has 1 aromatic rings. The first-order valence-corrected chi connectivity index (χ1v) is 6.92. The molecule has 1 aromatic heterocycles. The monoisotopic (exact) mass is 287 g/mol. The van der Waals surface area contributed by atoms with Gasteiger partial charge in [-0.05, 0) is 19.3 Å². The first-order chi connectivity index (χ1) is 9.01. The normalized spacial score (nSPS) is 12.7. The maximum atomic E-state index is 9.80. The zero-order valence-corrected chi connectivity index (χ0v) is 12.4. The third-order valence-electron chi connectivity index (χ3n) is 2.44. The Hall–Kier alpha value is -0.910. The van der Waals surface area contributed by atoms with Crippen LogP contribution < -0.4 is 5.32 Å². The van der Waals surface area contributed by atoms with E-state index in [-0.39, 0.29) is 0 Å². The number of aliphatic hydroxyl groups is 1. The summed E-state index contributed by atoms with van der Waals surface area (Å²) in [5.41, 5.74) is 0. The van der Waals surface area contributed by atoms with Gasteiger partial charge in [-0.3, -0.25) is 0 Å². The number of rotatable bonds is 8. The first kappa shape index (κ1) is 16.1. The summed E-state index contributed by atoms with van der Waals surface area (Å²) < 4.78 is 5.25. The Morgan fingerprint density at radius 2 is 2.16 bits per heavy atom. The maximum Gasteiger partial charge on any atom is 0.158 e. The second-order valence-electron chi connectivity index (χ2n) is 4.79. The zero-order chi connectivity index (χ0) is 14.3. The van der Waals surface area contributed by atoms with E-state index in [2.05, 4.69) is 29.1 Å². The Kier molecular flexibility index (Phi) is 7.05. The Balaban J connectivity index is 2.55. The van der Waals surface area contributed by atoms with Crippen molar-refractivity contribution in [3.05, 3.63) is 17.0 Å². The van der Waals surface area contributed by atoms with Crippen LogP contribution in [0, 0.1) is 5.92 Å². The Morgan fingerprint density at radius 3 is 2.79 bits per heavy atom. The molecule has 0 saturated carbocycles. The van der Waals surface area contributed by atoms with Gasteiger partial charge >= 0.3 is 0 Å². The lowest BCUT2D eigenvalue weighted by atomic mass is 10.1. The fraction of sp³-hybridized carbons (Fsp3) is 0.692. The van der Waals surface area contributed by atoms with Gasteiger partial charge in [0.25, 0.3) is 0 Å². The minimum Gasteiger partial charge on any atom is -0.391 e. The fourth-order valence-electron chi connectivity index (χ4n) is 1.66. The predicted molar refractivity (Wildman–Crippen MR) is 76.3 cm³/mol. The van der Waals surface area contributed by atoms with Crippen molar-refractivity contribution >= 4 is 17.4 Å². The highest BCUT2D eigenvalue weighted by molar-refractivity contribution is 6.29. The Bertz CT molecular complexity index is 388. The summed E-state index contributed by atoms with van der Waals surface area (Å²) in [4.78, 5) is 8.35. The molecule has 1 unspecified atom stereocenters. The molecule has 0 aromatic carbocycles. The lowest BCUT2D eigenvalue weighted by Crippen LogP contribution is -2.22. The largest absolute Gasteiger partial charge is 0.391 e. The molecule has 108 valence electrons. The highest BCUT2D eigenvalue weighted by atomic mass is 35.5. The van der Waals surface area contributed by atoms with Crippen LogP contribution in [0.2, 0.25) is 5.15 Å². The van der Waals surface area contributed by atoms with Crippen molar-refractivity contribution in [1.82, 2.24) is 9.97 Å². The van der Waals surface area contributed by atoms with Crippen LogP contribution in [-0.4, -0.2) is 34.3 Å². The molecule has 0 radical (unpaired) electrons. The molecule has 0 aliphatic rings. The summed E-state index contributed by atoms with van der Waals surface area (Å²) in [5.74, 6) is 1.60. The highest BCUT2D eigenvalue weighted by Gasteiger charge is 2.08. The van der Waals surface area contributed by atoms with E-state index in [1.807, 2.05) is 6.92 Å². The van der Waals surface area contributed by atoms with E-state index in [9.17, 15) is 5.11 Å². The number of anilines is 1. The van der Waals surface area contributed by atoms with Crippen LogP contribution in [0.1, 0.15) is 33.0 Å². The summed E-state index contributed by atoms with van der Waals surface area (Å²) >= 11 is 5.92. The molecule has 0 spiro atoms. The maximum absolute atomic E-state index is 9.80. The van der Waals surface area contributed by atoms with Crippen molar-refractivity contribution in [1.29, 1.82) is 0 Å². The fourth-order valence-corrected chi connectivity index (χ4v) is 1.86. The average Bonchev–Trinajstić information content (AvgIpc) is 2.32. The van der Waals surface area contributed by atoms with Crippen LogP contribution in [0.3, 0.4) is 0 Å². The van der Waals surface area contributed by atoms with Crippen LogP contribution in [0.5, 0.6) is 0 Å². The minimum atomic E-state index is -0.399. The summed E-state index contributed by atoms with van der Waals surface area (Å²) in [7, 11) is 0. The second kappa shape index (κ2) is 8.30. The number of hydrogen-bond acceptors (Lipinski definition) is 5. The molecule has 6 heteroatoms. The zero-order valence-electron chi connectivity index (χ0n) is 11.7. The number of aliphatic hydroxyl groups excluding tert-OH is 1. The van der Waals surface area contributed by atoms with Crippen molar-refractivity contribution in [2.24, 2.45) is 5.92 Å². The van der Waals surface area contributed by atoms with Gasteiger partial charge in [0, 0.05) is 19.2 Å². The lowest BCUT2D eigenvalue weighted by molar-refractivity contribution is 0.128. The highest BCUT2D eigenvalue weighted by Crippen LogP contribution is 2.13. The van der Waals surface area contributed by atoms with Crippen molar-refractivity contribution in [3.8, 4) is 0 Å². The smallest absolute Gasteiger partial charge is 0.158 e. The number of nitrogens with zero attached hydrogens (tertiary/aromatic N) is 2. The van der Waals surface area contributed by atoms with Gasteiger partial charge in [-0.2, -0.15) is 0 Å². The van der Waals surface area contributed by atoms with E-state index in [0.29, 0.717) is 42.5 Å². The first-order valence-electron chi connectivity index (χ1n) is 6.54. The Labute approximate surface area is 119 Å². The molecular weight excluding hydrogens is 266 g/mol. The van der Waals surface area contributed by atoms with Crippen LogP contribution in [0.4, 0.5) is 5.82 Å². The third-order valence-corrected chi connectivity index (χ3v) is 2.63. The van der Waals surface area contributed by atoms with Crippen molar-refractivity contribution in [2.45, 2.75) is 39.9 Å². The number of nitrogens with one attached hydrogen (secondary N) is 1. The van der Waals surface area contributed by atoms with E-state index >= 15 is 0 Å². The molecule has 0 aliphatic carbocycles. The van der Waals surface area contributed by atoms with E-state index in [1.54, 1.807) is 6.07 Å². The molecule has 1 atom stereocenters. The second-order valence-corrected chi connectivity index (χ2v) is 5.18. The summed E-state index contributed by atoms with van der Waals surface area (Å²) in [6.07, 6.45) is 0.349. The SMILES string of the molecule is CCOCc1nc(Cl)cc(NCC(O)CC(C)C)n1. The third kappa shape index (κ3) is 6.71. The standard InChI is InChI=1S/C13H22ClN3O2/c1-4-19-8-13-16-11(14)6-12(17-13)15-7-10(18)5-9(2)3/h6,9-10,18H,4-5,7-8H2,1-3H3,(H,15,16,17). The molecule has 1 rings (SSSR count). The van der Waals surface area contributed by atoms with Crippen molar-refractivity contribution in [3.63, 3.8) is 0 Å². The summed E-state index contributed by atoms with van der Waals surface area (Å²) in [5, 5.41) is 13.2. The van der Waals surface area contributed by atoms with Crippen LogP contribution in [0.25, 0.3) is 0 Å². The molecule has 0 aliphatic heterocycles. The van der Waals surface area contributed by atoms with Crippen LogP contribution >= 0.6 is 11.6 Å². The molecular formula is C13H22ClN3O2. The van der Waals surface area contributed by atoms with Crippen LogP contribution in [-0.2, 0) is 11.3 Å². The number of halogens is 1. The molecule has 1 heterocycles. The molecule has 0 saturated heterocycles. The van der Waals surface area contributed by atoms with E-state index < -0.39 is 6.10 Å². The van der Waals surface area contributed by atoms with Gasteiger partial charge in [-0.1, -0.05) is 25.4 Å². The molecule has 0 fully saturated rings. The van der Waals surface area contributed by atoms with Crippen molar-refractivity contribution < 1.29 is 9.84 Å². The summed E-state index contributed by atoms with van der Waals surface area (Å²) in [6, 6.07) is 1.64. The number of ether oxygens (including phenoxy) is 1. The van der Waals surface area contributed by atoms with Crippen LogP contribution in [0.15, 0.2) is 6.07 Å². The summed E-state index contributed by atoms with van der Waals surface area (Å²) in [6.45, 7) is 7.44.